The summed E-state index contributed by atoms with van der Waals surface area (Å²) in [7, 11) is 0. The van der Waals surface area contributed by atoms with Crippen molar-refractivity contribution in [2.24, 2.45) is 17.8 Å². The molecule has 0 aromatic carbocycles. The van der Waals surface area contributed by atoms with Crippen molar-refractivity contribution < 1.29 is 14.3 Å². The number of esters is 1. The molecule has 2 unspecified atom stereocenters. The van der Waals surface area contributed by atoms with Crippen LogP contribution in [-0.2, 0) is 14.3 Å². The standard InChI is InChI=1S/C13H23NO3/c1-2-17-13(15)12-9-16-8-5-11(12)10-3-6-14-7-4-10/h10-12,14H,2-9H2,1H3. The highest BCUT2D eigenvalue weighted by Crippen LogP contribution is 2.34. The minimum absolute atomic E-state index is 0.0354. The van der Waals surface area contributed by atoms with E-state index >= 15 is 0 Å². The SMILES string of the molecule is CCOC(=O)C1COCCC1C1CCNCC1. The second-order valence-electron chi connectivity index (χ2n) is 4.97. The van der Waals surface area contributed by atoms with E-state index in [-0.39, 0.29) is 11.9 Å². The van der Waals surface area contributed by atoms with Gasteiger partial charge in [-0.25, -0.2) is 0 Å². The monoisotopic (exact) mass is 241 g/mol. The molecule has 2 rings (SSSR count). The van der Waals surface area contributed by atoms with Gasteiger partial charge in [-0.1, -0.05) is 0 Å². The number of ether oxygens (including phenoxy) is 2. The number of carbonyl (C=O) groups is 1. The van der Waals surface area contributed by atoms with Crippen molar-refractivity contribution >= 4 is 5.97 Å². The first-order chi connectivity index (χ1) is 8.33. The van der Waals surface area contributed by atoms with Crippen LogP contribution >= 0.6 is 0 Å². The van der Waals surface area contributed by atoms with Crippen LogP contribution < -0.4 is 5.32 Å². The van der Waals surface area contributed by atoms with Crippen molar-refractivity contribution in [1.82, 2.24) is 5.32 Å². The Morgan fingerprint density at radius 1 is 1.35 bits per heavy atom. The van der Waals surface area contributed by atoms with Gasteiger partial charge in [0.25, 0.3) is 0 Å². The Morgan fingerprint density at radius 2 is 2.12 bits per heavy atom. The average molecular weight is 241 g/mol. The lowest BCUT2D eigenvalue weighted by atomic mass is 9.74. The molecule has 2 saturated heterocycles. The highest BCUT2D eigenvalue weighted by Gasteiger charge is 2.37. The molecule has 0 bridgehead atoms. The van der Waals surface area contributed by atoms with E-state index in [1.807, 2.05) is 6.92 Å². The average Bonchev–Trinajstić information content (AvgIpc) is 2.40. The molecule has 2 atom stereocenters. The topological polar surface area (TPSA) is 47.6 Å². The molecule has 2 heterocycles. The Kier molecular flexibility index (Phi) is 4.80. The molecule has 1 N–H and O–H groups in total. The minimum atomic E-state index is -0.0595. The fourth-order valence-corrected chi connectivity index (χ4v) is 3.08. The maximum Gasteiger partial charge on any atom is 0.311 e. The predicted octanol–water partition coefficient (Wildman–Crippen LogP) is 1.20. The van der Waals surface area contributed by atoms with Gasteiger partial charge in [-0.05, 0) is 51.1 Å². The van der Waals surface area contributed by atoms with Gasteiger partial charge < -0.3 is 14.8 Å². The van der Waals surface area contributed by atoms with Gasteiger partial charge in [-0.2, -0.15) is 0 Å². The van der Waals surface area contributed by atoms with E-state index in [9.17, 15) is 4.79 Å². The Bertz CT molecular complexity index is 251. The van der Waals surface area contributed by atoms with Crippen LogP contribution in [-0.4, -0.2) is 38.9 Å². The lowest BCUT2D eigenvalue weighted by Gasteiger charge is -2.37. The zero-order chi connectivity index (χ0) is 12.1. The van der Waals surface area contributed by atoms with Crippen LogP contribution in [0.15, 0.2) is 0 Å². The highest BCUT2D eigenvalue weighted by atomic mass is 16.5. The third-order valence-corrected chi connectivity index (χ3v) is 3.99. The molecule has 0 radical (unpaired) electrons. The summed E-state index contributed by atoms with van der Waals surface area (Å²) in [6, 6.07) is 0. The van der Waals surface area contributed by atoms with E-state index in [0.29, 0.717) is 25.0 Å². The van der Waals surface area contributed by atoms with E-state index < -0.39 is 0 Å². The Hall–Kier alpha value is -0.610. The smallest absolute Gasteiger partial charge is 0.311 e. The van der Waals surface area contributed by atoms with E-state index in [2.05, 4.69) is 5.32 Å². The van der Waals surface area contributed by atoms with E-state index in [1.54, 1.807) is 0 Å². The van der Waals surface area contributed by atoms with Gasteiger partial charge in [-0.15, -0.1) is 0 Å². The third kappa shape index (κ3) is 3.19. The number of carbonyl (C=O) groups excluding carboxylic acids is 1. The number of piperidine rings is 1. The molecule has 2 aliphatic rings. The lowest BCUT2D eigenvalue weighted by Crippen LogP contribution is -2.42. The molecule has 2 fully saturated rings. The van der Waals surface area contributed by atoms with Gasteiger partial charge in [0.2, 0.25) is 0 Å². The fourth-order valence-electron chi connectivity index (χ4n) is 3.08. The zero-order valence-corrected chi connectivity index (χ0v) is 10.6. The summed E-state index contributed by atoms with van der Waals surface area (Å²) in [6.45, 7) is 5.84. The first-order valence-electron chi connectivity index (χ1n) is 6.78. The number of hydrogen-bond acceptors (Lipinski definition) is 4. The van der Waals surface area contributed by atoms with Crippen LogP contribution in [0.2, 0.25) is 0 Å². The molecule has 0 aliphatic carbocycles. The summed E-state index contributed by atoms with van der Waals surface area (Å²) in [6.07, 6.45) is 3.37. The quantitative estimate of drug-likeness (QED) is 0.754. The second-order valence-corrected chi connectivity index (χ2v) is 4.97. The van der Waals surface area contributed by atoms with Crippen molar-refractivity contribution in [3.63, 3.8) is 0 Å². The van der Waals surface area contributed by atoms with E-state index in [0.717, 1.165) is 26.1 Å². The molecular formula is C13H23NO3. The molecule has 4 nitrogen and oxygen atoms in total. The van der Waals surface area contributed by atoms with Crippen molar-refractivity contribution in [2.45, 2.75) is 26.2 Å². The van der Waals surface area contributed by atoms with Gasteiger partial charge in [-0.3, -0.25) is 4.79 Å². The molecule has 0 aromatic rings. The summed E-state index contributed by atoms with van der Waals surface area (Å²) in [5.74, 6) is 1.03. The maximum absolute atomic E-state index is 11.9. The van der Waals surface area contributed by atoms with Gasteiger partial charge in [0, 0.05) is 6.61 Å². The lowest BCUT2D eigenvalue weighted by molar-refractivity contribution is -0.157. The van der Waals surface area contributed by atoms with Crippen LogP contribution in [0.25, 0.3) is 0 Å². The molecule has 0 saturated carbocycles. The molecule has 2 aliphatic heterocycles. The molecule has 0 spiro atoms. The number of nitrogens with one attached hydrogen (secondary N) is 1. The van der Waals surface area contributed by atoms with Crippen LogP contribution in [0.3, 0.4) is 0 Å². The Morgan fingerprint density at radius 3 is 2.82 bits per heavy atom. The van der Waals surface area contributed by atoms with Crippen molar-refractivity contribution in [3.05, 3.63) is 0 Å². The number of rotatable bonds is 3. The van der Waals surface area contributed by atoms with Crippen LogP contribution in [0.1, 0.15) is 26.2 Å². The molecular weight excluding hydrogens is 218 g/mol. The predicted molar refractivity (Wildman–Crippen MR) is 64.6 cm³/mol. The van der Waals surface area contributed by atoms with Crippen LogP contribution in [0.4, 0.5) is 0 Å². The summed E-state index contributed by atoms with van der Waals surface area (Å²) in [5, 5.41) is 3.38. The van der Waals surface area contributed by atoms with Gasteiger partial charge in [0.05, 0.1) is 19.1 Å². The van der Waals surface area contributed by atoms with E-state index in [4.69, 9.17) is 9.47 Å². The largest absolute Gasteiger partial charge is 0.466 e. The third-order valence-electron chi connectivity index (χ3n) is 3.99. The van der Waals surface area contributed by atoms with Crippen molar-refractivity contribution in [3.8, 4) is 0 Å². The van der Waals surface area contributed by atoms with Crippen LogP contribution in [0, 0.1) is 17.8 Å². The summed E-state index contributed by atoms with van der Waals surface area (Å²) < 4.78 is 10.6. The van der Waals surface area contributed by atoms with Gasteiger partial charge in [0.15, 0.2) is 0 Å². The van der Waals surface area contributed by atoms with Crippen molar-refractivity contribution in [1.29, 1.82) is 0 Å². The molecule has 4 heteroatoms. The highest BCUT2D eigenvalue weighted by molar-refractivity contribution is 5.73. The fraction of sp³-hybridized carbons (Fsp3) is 0.923. The molecule has 17 heavy (non-hydrogen) atoms. The minimum Gasteiger partial charge on any atom is -0.466 e. The zero-order valence-electron chi connectivity index (χ0n) is 10.6. The summed E-state index contributed by atoms with van der Waals surface area (Å²) in [4.78, 5) is 11.9. The van der Waals surface area contributed by atoms with Gasteiger partial charge in [0.1, 0.15) is 0 Å². The maximum atomic E-state index is 11.9. The molecule has 0 aromatic heterocycles. The molecule has 98 valence electrons. The normalized spacial score (nSPS) is 31.1. The second kappa shape index (κ2) is 6.36. The first-order valence-corrected chi connectivity index (χ1v) is 6.78. The number of hydrogen-bond donors (Lipinski definition) is 1. The van der Waals surface area contributed by atoms with Crippen LogP contribution in [0.5, 0.6) is 0 Å². The molecule has 0 amide bonds. The van der Waals surface area contributed by atoms with Crippen molar-refractivity contribution in [2.75, 3.05) is 32.9 Å². The summed E-state index contributed by atoms with van der Waals surface area (Å²) >= 11 is 0. The van der Waals surface area contributed by atoms with Gasteiger partial charge >= 0.3 is 5.97 Å². The Balaban J connectivity index is 1.97. The Labute approximate surface area is 103 Å². The summed E-state index contributed by atoms with van der Waals surface area (Å²) in [5.41, 5.74) is 0. The first kappa shape index (κ1) is 12.8. The van der Waals surface area contributed by atoms with E-state index in [1.165, 1.54) is 12.8 Å².